The number of aliphatic hydroxyl groups excluding tert-OH is 1. The van der Waals surface area contributed by atoms with E-state index in [9.17, 15) is 0 Å². The molecule has 2 nitrogen and oxygen atoms in total. The van der Waals surface area contributed by atoms with E-state index in [1.165, 1.54) is 0 Å². The second-order valence-electron chi connectivity index (χ2n) is 1.93. The Morgan fingerprint density at radius 1 is 1.00 bits per heavy atom. The zero-order valence-electron chi connectivity index (χ0n) is 7.27. The van der Waals surface area contributed by atoms with Crippen molar-refractivity contribution in [3.05, 3.63) is 0 Å². The zero-order valence-corrected chi connectivity index (χ0v) is 7.27. The van der Waals surface area contributed by atoms with Crippen LogP contribution in [0.1, 0.15) is 39.5 Å². The lowest BCUT2D eigenvalue weighted by Gasteiger charge is -1.93. The molecule has 0 saturated heterocycles. The van der Waals surface area contributed by atoms with Crippen LogP contribution in [0, 0.1) is 0 Å². The lowest BCUT2D eigenvalue weighted by atomic mass is 10.2. The molecule has 10 heavy (non-hydrogen) atoms. The summed E-state index contributed by atoms with van der Waals surface area (Å²) in [5, 5.41) is 8.33. The Morgan fingerprint density at radius 2 is 1.50 bits per heavy atom. The molecular weight excluding hydrogens is 126 g/mol. The van der Waals surface area contributed by atoms with Gasteiger partial charge in [-0.1, -0.05) is 26.7 Å². The van der Waals surface area contributed by atoms with Gasteiger partial charge in [-0.15, -0.1) is 0 Å². The predicted molar refractivity (Wildman–Crippen MR) is 46.0 cm³/mol. The molecule has 0 aromatic carbocycles. The van der Waals surface area contributed by atoms with Crippen LogP contribution in [-0.4, -0.2) is 18.3 Å². The maximum Gasteiger partial charge on any atom is 0.0431 e. The second kappa shape index (κ2) is 16.0. The normalized spacial score (nSPS) is 8.40. The summed E-state index contributed by atoms with van der Waals surface area (Å²) >= 11 is 0. The van der Waals surface area contributed by atoms with Crippen molar-refractivity contribution in [1.29, 1.82) is 0 Å². The first-order valence-corrected chi connectivity index (χ1v) is 4.22. The molecule has 0 radical (unpaired) electrons. The van der Waals surface area contributed by atoms with Gasteiger partial charge in [-0.05, 0) is 19.4 Å². The molecule has 0 aliphatic carbocycles. The average Bonchev–Trinajstić information content (AvgIpc) is 2.02. The van der Waals surface area contributed by atoms with Gasteiger partial charge in [0.1, 0.15) is 0 Å². The van der Waals surface area contributed by atoms with E-state index in [1.807, 2.05) is 13.8 Å². The quantitative estimate of drug-likeness (QED) is 0.579. The van der Waals surface area contributed by atoms with Gasteiger partial charge >= 0.3 is 0 Å². The fraction of sp³-hybridized carbons (Fsp3) is 1.00. The lowest BCUT2D eigenvalue weighted by Crippen LogP contribution is -1.97. The standard InChI is InChI=1S/C6H15NO.C2H6/c7-5-3-1-2-4-6-8;1-2/h8H,1-7H2;1-2H3. The second-order valence-corrected chi connectivity index (χ2v) is 1.93. The molecule has 3 N–H and O–H groups in total. The van der Waals surface area contributed by atoms with E-state index in [0.717, 1.165) is 32.2 Å². The molecule has 0 spiro atoms. The molecule has 0 aromatic heterocycles. The summed E-state index contributed by atoms with van der Waals surface area (Å²) in [4.78, 5) is 0. The highest BCUT2D eigenvalue weighted by molar-refractivity contribution is 4.41. The van der Waals surface area contributed by atoms with Gasteiger partial charge < -0.3 is 10.8 Å². The topological polar surface area (TPSA) is 46.2 Å². The van der Waals surface area contributed by atoms with Crippen LogP contribution in [0.25, 0.3) is 0 Å². The molecule has 0 atom stereocenters. The number of rotatable bonds is 5. The number of hydrogen-bond donors (Lipinski definition) is 2. The molecule has 0 bridgehead atoms. The molecule has 0 aromatic rings. The molecule has 0 heterocycles. The molecule has 64 valence electrons. The van der Waals surface area contributed by atoms with E-state index in [4.69, 9.17) is 10.8 Å². The first-order valence-electron chi connectivity index (χ1n) is 4.22. The maximum absolute atomic E-state index is 8.33. The van der Waals surface area contributed by atoms with Crippen molar-refractivity contribution in [3.8, 4) is 0 Å². The Bertz CT molecular complexity index is 34.2. The molecule has 0 amide bonds. The summed E-state index contributed by atoms with van der Waals surface area (Å²) in [6.07, 6.45) is 4.31. The van der Waals surface area contributed by atoms with Crippen LogP contribution in [0.5, 0.6) is 0 Å². The van der Waals surface area contributed by atoms with E-state index < -0.39 is 0 Å². The van der Waals surface area contributed by atoms with Gasteiger partial charge in [-0.25, -0.2) is 0 Å². The number of hydrogen-bond acceptors (Lipinski definition) is 2. The lowest BCUT2D eigenvalue weighted by molar-refractivity contribution is 0.282. The van der Waals surface area contributed by atoms with Crippen LogP contribution in [0.3, 0.4) is 0 Å². The number of nitrogens with two attached hydrogens (primary N) is 1. The van der Waals surface area contributed by atoms with Crippen LogP contribution in [0.2, 0.25) is 0 Å². The summed E-state index contributed by atoms with van der Waals surface area (Å²) in [5.74, 6) is 0. The van der Waals surface area contributed by atoms with Gasteiger partial charge in [-0.2, -0.15) is 0 Å². The number of aliphatic hydroxyl groups is 1. The van der Waals surface area contributed by atoms with Gasteiger partial charge in [0.2, 0.25) is 0 Å². The van der Waals surface area contributed by atoms with Crippen molar-refractivity contribution in [2.75, 3.05) is 13.2 Å². The predicted octanol–water partition coefficient (Wildman–Crippen LogP) is 1.52. The summed E-state index contributed by atoms with van der Waals surface area (Å²) in [6.45, 7) is 5.11. The van der Waals surface area contributed by atoms with Gasteiger partial charge in [0.15, 0.2) is 0 Å². The zero-order chi connectivity index (χ0) is 8.24. The van der Waals surface area contributed by atoms with Gasteiger partial charge in [-0.3, -0.25) is 0 Å². The molecule has 0 aliphatic heterocycles. The highest BCUT2D eigenvalue weighted by atomic mass is 16.2. The minimum Gasteiger partial charge on any atom is -0.396 e. The molecule has 0 unspecified atom stereocenters. The highest BCUT2D eigenvalue weighted by Gasteiger charge is 1.84. The van der Waals surface area contributed by atoms with E-state index >= 15 is 0 Å². The van der Waals surface area contributed by atoms with Gasteiger partial charge in [0.05, 0.1) is 0 Å². The Hall–Kier alpha value is -0.0800. The van der Waals surface area contributed by atoms with E-state index in [0.29, 0.717) is 6.61 Å². The van der Waals surface area contributed by atoms with Gasteiger partial charge in [0, 0.05) is 6.61 Å². The molecule has 0 saturated carbocycles. The largest absolute Gasteiger partial charge is 0.396 e. The highest BCUT2D eigenvalue weighted by Crippen LogP contribution is 1.95. The van der Waals surface area contributed by atoms with Gasteiger partial charge in [0.25, 0.3) is 0 Å². The van der Waals surface area contributed by atoms with Crippen LogP contribution >= 0.6 is 0 Å². The third-order valence-electron chi connectivity index (χ3n) is 1.11. The maximum atomic E-state index is 8.33. The third kappa shape index (κ3) is 15.7. The molecule has 0 rings (SSSR count). The average molecular weight is 147 g/mol. The minimum absolute atomic E-state index is 0.324. The first kappa shape index (κ1) is 12.6. The van der Waals surface area contributed by atoms with Crippen LogP contribution in [0.15, 0.2) is 0 Å². The Balaban J connectivity index is 0. The summed E-state index contributed by atoms with van der Waals surface area (Å²) in [7, 11) is 0. The molecule has 0 fully saturated rings. The van der Waals surface area contributed by atoms with Crippen LogP contribution < -0.4 is 5.73 Å². The van der Waals surface area contributed by atoms with E-state index in [1.54, 1.807) is 0 Å². The summed E-state index contributed by atoms with van der Waals surface area (Å²) in [6, 6.07) is 0. The van der Waals surface area contributed by atoms with Crippen molar-refractivity contribution in [2.24, 2.45) is 5.73 Å². The monoisotopic (exact) mass is 147 g/mol. The van der Waals surface area contributed by atoms with Crippen molar-refractivity contribution >= 4 is 0 Å². The number of unbranched alkanes of at least 4 members (excludes halogenated alkanes) is 3. The van der Waals surface area contributed by atoms with E-state index in [2.05, 4.69) is 0 Å². The third-order valence-corrected chi connectivity index (χ3v) is 1.11. The molecule has 2 heteroatoms. The fourth-order valence-electron chi connectivity index (χ4n) is 0.610. The molecular formula is C8H21NO. The first-order chi connectivity index (χ1) is 4.91. The molecule has 0 aliphatic rings. The smallest absolute Gasteiger partial charge is 0.0431 e. The van der Waals surface area contributed by atoms with Crippen molar-refractivity contribution < 1.29 is 5.11 Å². The minimum atomic E-state index is 0.324. The fourth-order valence-corrected chi connectivity index (χ4v) is 0.610. The van der Waals surface area contributed by atoms with E-state index in [-0.39, 0.29) is 0 Å². The van der Waals surface area contributed by atoms with Crippen molar-refractivity contribution in [3.63, 3.8) is 0 Å². The van der Waals surface area contributed by atoms with Crippen molar-refractivity contribution in [2.45, 2.75) is 39.5 Å². The summed E-state index contributed by atoms with van der Waals surface area (Å²) < 4.78 is 0. The van der Waals surface area contributed by atoms with Crippen LogP contribution in [0.4, 0.5) is 0 Å². The van der Waals surface area contributed by atoms with Crippen LogP contribution in [-0.2, 0) is 0 Å². The summed E-state index contributed by atoms with van der Waals surface area (Å²) in [5.41, 5.74) is 5.25. The van der Waals surface area contributed by atoms with Crippen molar-refractivity contribution in [1.82, 2.24) is 0 Å². The Kier molecular flexibility index (Phi) is 20.1. The Morgan fingerprint density at radius 3 is 1.90 bits per heavy atom. The SMILES string of the molecule is CC.NCCCCCCO. The Labute approximate surface area is 64.4 Å².